The van der Waals surface area contributed by atoms with Gasteiger partial charge < -0.3 is 5.11 Å². The van der Waals surface area contributed by atoms with Crippen LogP contribution in [0.5, 0.6) is 0 Å². The number of carbonyl (C=O) groups excluding carboxylic acids is 1. The topological polar surface area (TPSA) is 54.4 Å². The molecule has 2 aliphatic rings. The summed E-state index contributed by atoms with van der Waals surface area (Å²) in [6.07, 6.45) is 2.72. The number of carbonyl (C=O) groups is 2. The Morgan fingerprint density at radius 2 is 1.75 bits per heavy atom. The number of fused-ring (bicyclic) bond motifs is 1. The highest BCUT2D eigenvalue weighted by atomic mass is 16.4. The van der Waals surface area contributed by atoms with Crippen molar-refractivity contribution >= 4 is 11.8 Å². The van der Waals surface area contributed by atoms with Crippen molar-refractivity contribution in [3.05, 3.63) is 0 Å². The molecule has 0 aromatic rings. The minimum atomic E-state index is -0.683. The van der Waals surface area contributed by atoms with Crippen molar-refractivity contribution in [1.29, 1.82) is 0 Å². The SMILES string of the molecule is O=C1C[C@@H]2CC(C(=O)O)C[C@H]2C1. The monoisotopic (exact) mass is 168 g/mol. The van der Waals surface area contributed by atoms with E-state index in [0.717, 1.165) is 12.8 Å². The summed E-state index contributed by atoms with van der Waals surface area (Å²) in [5.74, 6) is 0.246. The summed E-state index contributed by atoms with van der Waals surface area (Å²) in [5.41, 5.74) is 0. The van der Waals surface area contributed by atoms with Crippen LogP contribution in [0.4, 0.5) is 0 Å². The zero-order valence-electron chi connectivity index (χ0n) is 6.82. The van der Waals surface area contributed by atoms with Crippen LogP contribution in [0, 0.1) is 17.8 Å². The summed E-state index contributed by atoms with van der Waals surface area (Å²) in [5, 5.41) is 8.75. The Kier molecular flexibility index (Phi) is 1.67. The van der Waals surface area contributed by atoms with Crippen LogP contribution < -0.4 is 0 Å². The van der Waals surface area contributed by atoms with Gasteiger partial charge in [-0.3, -0.25) is 9.59 Å². The zero-order valence-corrected chi connectivity index (χ0v) is 6.82. The number of rotatable bonds is 1. The van der Waals surface area contributed by atoms with Gasteiger partial charge in [-0.25, -0.2) is 0 Å². The molecule has 0 aliphatic heterocycles. The molecule has 0 amide bonds. The fourth-order valence-electron chi connectivity index (χ4n) is 2.58. The molecule has 0 spiro atoms. The molecule has 0 aromatic carbocycles. The van der Waals surface area contributed by atoms with Gasteiger partial charge in [-0.15, -0.1) is 0 Å². The molecule has 12 heavy (non-hydrogen) atoms. The van der Waals surface area contributed by atoms with Crippen LogP contribution in [-0.4, -0.2) is 16.9 Å². The van der Waals surface area contributed by atoms with E-state index in [4.69, 9.17) is 5.11 Å². The molecule has 2 fully saturated rings. The molecule has 0 saturated heterocycles. The number of Topliss-reactive ketones (excluding diaryl/α,β-unsaturated/α-hetero) is 1. The molecule has 2 rings (SSSR count). The highest BCUT2D eigenvalue weighted by Gasteiger charge is 2.43. The van der Waals surface area contributed by atoms with Crippen LogP contribution in [0.15, 0.2) is 0 Å². The average molecular weight is 168 g/mol. The van der Waals surface area contributed by atoms with Gasteiger partial charge in [0.25, 0.3) is 0 Å². The molecule has 3 heteroatoms. The second-order valence-corrected chi connectivity index (χ2v) is 3.97. The molecule has 0 radical (unpaired) electrons. The quantitative estimate of drug-likeness (QED) is 0.637. The Morgan fingerprint density at radius 3 is 2.17 bits per heavy atom. The van der Waals surface area contributed by atoms with Gasteiger partial charge in [0.15, 0.2) is 0 Å². The molecule has 0 aromatic heterocycles. The first-order valence-corrected chi connectivity index (χ1v) is 4.41. The number of ketones is 1. The predicted molar refractivity (Wildman–Crippen MR) is 41.6 cm³/mol. The maximum Gasteiger partial charge on any atom is 0.306 e. The van der Waals surface area contributed by atoms with E-state index in [0.29, 0.717) is 30.5 Å². The Hall–Kier alpha value is -0.860. The molecule has 2 saturated carbocycles. The van der Waals surface area contributed by atoms with Gasteiger partial charge >= 0.3 is 5.97 Å². The molecule has 1 N–H and O–H groups in total. The van der Waals surface area contributed by atoms with Crippen molar-refractivity contribution in [3.63, 3.8) is 0 Å². The van der Waals surface area contributed by atoms with Gasteiger partial charge in [-0.2, -0.15) is 0 Å². The van der Waals surface area contributed by atoms with Crippen LogP contribution in [-0.2, 0) is 9.59 Å². The Labute approximate surface area is 70.8 Å². The van der Waals surface area contributed by atoms with Crippen molar-refractivity contribution in [3.8, 4) is 0 Å². The van der Waals surface area contributed by atoms with Crippen molar-refractivity contribution in [2.24, 2.45) is 17.8 Å². The third-order valence-corrected chi connectivity index (χ3v) is 3.17. The van der Waals surface area contributed by atoms with Gasteiger partial charge in [0.1, 0.15) is 5.78 Å². The minimum Gasteiger partial charge on any atom is -0.481 e. The standard InChI is InChI=1S/C9H12O3/c10-8-3-5-1-7(9(11)12)2-6(5)4-8/h5-7H,1-4H2,(H,11,12)/t5-,6-/m0/s1. The van der Waals surface area contributed by atoms with Crippen molar-refractivity contribution in [1.82, 2.24) is 0 Å². The summed E-state index contributed by atoms with van der Waals surface area (Å²) < 4.78 is 0. The van der Waals surface area contributed by atoms with Crippen molar-refractivity contribution in [2.75, 3.05) is 0 Å². The summed E-state index contributed by atoms with van der Waals surface area (Å²) in [6, 6.07) is 0. The van der Waals surface area contributed by atoms with Crippen LogP contribution in [0.2, 0.25) is 0 Å². The summed E-state index contributed by atoms with van der Waals surface area (Å²) >= 11 is 0. The minimum absolute atomic E-state index is 0.173. The lowest BCUT2D eigenvalue weighted by molar-refractivity contribution is -0.141. The normalized spacial score (nSPS) is 35.5. The lowest BCUT2D eigenvalue weighted by atomic mass is 10.0. The largest absolute Gasteiger partial charge is 0.481 e. The van der Waals surface area contributed by atoms with E-state index in [1.165, 1.54) is 0 Å². The summed E-state index contributed by atoms with van der Waals surface area (Å²) in [4.78, 5) is 21.6. The Bertz CT molecular complexity index is 218. The lowest BCUT2D eigenvalue weighted by Crippen LogP contribution is -2.11. The second kappa shape index (κ2) is 2.57. The van der Waals surface area contributed by atoms with Crippen LogP contribution in [0.1, 0.15) is 25.7 Å². The molecule has 2 atom stereocenters. The maximum atomic E-state index is 11.0. The molecule has 66 valence electrons. The number of hydrogen-bond donors (Lipinski definition) is 1. The first-order chi connectivity index (χ1) is 5.66. The molecule has 0 unspecified atom stereocenters. The molecule has 3 nitrogen and oxygen atoms in total. The average Bonchev–Trinajstić information content (AvgIpc) is 2.42. The number of hydrogen-bond acceptors (Lipinski definition) is 2. The summed E-state index contributed by atoms with van der Waals surface area (Å²) in [7, 11) is 0. The van der Waals surface area contributed by atoms with E-state index in [2.05, 4.69) is 0 Å². The van der Waals surface area contributed by atoms with Gasteiger partial charge in [-0.1, -0.05) is 0 Å². The second-order valence-electron chi connectivity index (χ2n) is 3.97. The first kappa shape index (κ1) is 7.77. The lowest BCUT2D eigenvalue weighted by Gasteiger charge is -2.02. The van der Waals surface area contributed by atoms with Gasteiger partial charge in [0.05, 0.1) is 5.92 Å². The number of carboxylic acids is 1. The van der Waals surface area contributed by atoms with E-state index in [9.17, 15) is 9.59 Å². The first-order valence-electron chi connectivity index (χ1n) is 4.41. The fraction of sp³-hybridized carbons (Fsp3) is 0.778. The number of carboxylic acid groups (broad SMARTS) is 1. The molecular weight excluding hydrogens is 156 g/mol. The molecule has 0 heterocycles. The highest BCUT2D eigenvalue weighted by molar-refractivity contribution is 5.82. The Morgan fingerprint density at radius 1 is 1.25 bits per heavy atom. The third kappa shape index (κ3) is 1.13. The van der Waals surface area contributed by atoms with Gasteiger partial charge in [0, 0.05) is 12.8 Å². The van der Waals surface area contributed by atoms with Crippen molar-refractivity contribution in [2.45, 2.75) is 25.7 Å². The van der Waals surface area contributed by atoms with Crippen LogP contribution >= 0.6 is 0 Å². The molecule has 2 aliphatic carbocycles. The van der Waals surface area contributed by atoms with E-state index in [-0.39, 0.29) is 5.92 Å². The maximum absolute atomic E-state index is 11.0. The number of aliphatic carboxylic acids is 1. The summed E-state index contributed by atoms with van der Waals surface area (Å²) in [6.45, 7) is 0. The highest BCUT2D eigenvalue weighted by Crippen LogP contribution is 2.45. The van der Waals surface area contributed by atoms with Crippen LogP contribution in [0.3, 0.4) is 0 Å². The molecule has 0 bridgehead atoms. The zero-order chi connectivity index (χ0) is 8.72. The van der Waals surface area contributed by atoms with E-state index >= 15 is 0 Å². The smallest absolute Gasteiger partial charge is 0.306 e. The van der Waals surface area contributed by atoms with E-state index in [1.54, 1.807) is 0 Å². The fourth-order valence-corrected chi connectivity index (χ4v) is 2.58. The third-order valence-electron chi connectivity index (χ3n) is 3.17. The van der Waals surface area contributed by atoms with E-state index < -0.39 is 5.97 Å². The predicted octanol–water partition coefficient (Wildman–Crippen LogP) is 1.08. The molecular formula is C9H12O3. The van der Waals surface area contributed by atoms with Gasteiger partial charge in [0.2, 0.25) is 0 Å². The van der Waals surface area contributed by atoms with E-state index in [1.807, 2.05) is 0 Å². The van der Waals surface area contributed by atoms with Crippen LogP contribution in [0.25, 0.3) is 0 Å². The van der Waals surface area contributed by atoms with Crippen molar-refractivity contribution < 1.29 is 14.7 Å². The van der Waals surface area contributed by atoms with Gasteiger partial charge in [-0.05, 0) is 24.7 Å². The Balaban J connectivity index is 2.02.